The predicted molar refractivity (Wildman–Crippen MR) is 103 cm³/mol. The van der Waals surface area contributed by atoms with Gasteiger partial charge in [0.2, 0.25) is 0 Å². The second kappa shape index (κ2) is 5.97. The number of rotatable bonds is 1. The van der Waals surface area contributed by atoms with Crippen LogP contribution in [-0.4, -0.2) is 5.78 Å². The quantitative estimate of drug-likeness (QED) is 0.728. The smallest absolute Gasteiger partial charge is 0.163 e. The summed E-state index contributed by atoms with van der Waals surface area (Å²) in [5.41, 5.74) is 4.86. The summed E-state index contributed by atoms with van der Waals surface area (Å²) in [4.78, 5) is 13.0. The zero-order valence-electron chi connectivity index (χ0n) is 15.3. The van der Waals surface area contributed by atoms with E-state index in [-0.39, 0.29) is 17.0 Å². The molecule has 134 valence electrons. The SMILES string of the molecule is Cc1ccc2c(c1)N[C@@H](c1ccccc1F)C1=C(CC(C)(C)CC1=O)N2. The minimum atomic E-state index is -0.495. The van der Waals surface area contributed by atoms with Gasteiger partial charge in [0.05, 0.1) is 17.4 Å². The molecule has 4 heteroatoms. The molecule has 1 aliphatic heterocycles. The number of hydrogen-bond donors (Lipinski definition) is 2. The lowest BCUT2D eigenvalue weighted by Gasteiger charge is -2.34. The molecule has 0 saturated heterocycles. The Morgan fingerprint density at radius 2 is 1.85 bits per heavy atom. The number of Topliss-reactive ketones (excluding diaryl/α,β-unsaturated/α-hetero) is 1. The standard InChI is InChI=1S/C22H23FN2O/c1-13-8-9-16-17(10-13)25-21(14-6-4-5-7-15(14)23)20-18(24-16)11-22(2,3)12-19(20)26/h4-10,21,24-25H,11-12H2,1-3H3/t21-/m0/s1. The van der Waals surface area contributed by atoms with Crippen LogP contribution >= 0.6 is 0 Å². The highest BCUT2D eigenvalue weighted by molar-refractivity contribution is 6.01. The molecule has 0 fully saturated rings. The molecule has 1 atom stereocenters. The van der Waals surface area contributed by atoms with Crippen molar-refractivity contribution in [1.82, 2.24) is 0 Å². The van der Waals surface area contributed by atoms with Crippen molar-refractivity contribution in [2.45, 2.75) is 39.7 Å². The molecule has 0 unspecified atom stereocenters. The summed E-state index contributed by atoms with van der Waals surface area (Å²) in [6, 6.07) is 12.3. The molecular weight excluding hydrogens is 327 g/mol. The first-order valence-corrected chi connectivity index (χ1v) is 8.99. The summed E-state index contributed by atoms with van der Waals surface area (Å²) in [5.74, 6) is -0.223. The second-order valence-electron chi connectivity index (χ2n) is 8.11. The Morgan fingerprint density at radius 3 is 2.62 bits per heavy atom. The molecule has 2 N–H and O–H groups in total. The van der Waals surface area contributed by atoms with Gasteiger partial charge in [-0.15, -0.1) is 0 Å². The van der Waals surface area contributed by atoms with Crippen LogP contribution in [0, 0.1) is 18.2 Å². The van der Waals surface area contributed by atoms with Crippen LogP contribution in [0.15, 0.2) is 53.7 Å². The monoisotopic (exact) mass is 350 g/mol. The van der Waals surface area contributed by atoms with Gasteiger partial charge < -0.3 is 10.6 Å². The summed E-state index contributed by atoms with van der Waals surface area (Å²) in [6.07, 6.45) is 1.23. The van der Waals surface area contributed by atoms with E-state index in [1.807, 2.05) is 31.2 Å². The van der Waals surface area contributed by atoms with Crippen molar-refractivity contribution in [3.63, 3.8) is 0 Å². The van der Waals surface area contributed by atoms with Gasteiger partial charge in [-0.1, -0.05) is 38.1 Å². The van der Waals surface area contributed by atoms with Crippen molar-refractivity contribution in [2.75, 3.05) is 10.6 Å². The molecular formula is C22H23FN2O. The zero-order chi connectivity index (χ0) is 18.5. The van der Waals surface area contributed by atoms with E-state index in [0.29, 0.717) is 17.6 Å². The normalized spacial score (nSPS) is 21.2. The molecule has 2 aliphatic rings. The first-order valence-electron chi connectivity index (χ1n) is 8.99. The van der Waals surface area contributed by atoms with Crippen LogP contribution in [0.4, 0.5) is 15.8 Å². The molecule has 1 aliphatic carbocycles. The van der Waals surface area contributed by atoms with Gasteiger partial charge in [-0.05, 0) is 42.5 Å². The number of carbonyl (C=O) groups is 1. The Labute approximate surface area is 153 Å². The first kappa shape index (κ1) is 16.8. The van der Waals surface area contributed by atoms with Crippen molar-refractivity contribution >= 4 is 17.2 Å². The Balaban J connectivity index is 1.92. The van der Waals surface area contributed by atoms with E-state index in [9.17, 15) is 9.18 Å². The van der Waals surface area contributed by atoms with Crippen molar-refractivity contribution in [3.8, 4) is 0 Å². The highest BCUT2D eigenvalue weighted by Gasteiger charge is 2.39. The Hall–Kier alpha value is -2.62. The Kier molecular flexibility index (Phi) is 3.87. The van der Waals surface area contributed by atoms with Crippen LogP contribution in [0.2, 0.25) is 0 Å². The van der Waals surface area contributed by atoms with E-state index in [1.165, 1.54) is 6.07 Å². The molecule has 1 heterocycles. The minimum Gasteiger partial charge on any atom is -0.372 e. The molecule has 0 saturated carbocycles. The fourth-order valence-corrected chi connectivity index (χ4v) is 4.00. The molecule has 0 aromatic heterocycles. The molecule has 2 aromatic rings. The molecule has 0 bridgehead atoms. The molecule has 2 aromatic carbocycles. The number of nitrogens with one attached hydrogen (secondary N) is 2. The molecule has 3 nitrogen and oxygen atoms in total. The summed E-state index contributed by atoms with van der Waals surface area (Å²) < 4.78 is 14.6. The largest absolute Gasteiger partial charge is 0.372 e. The average molecular weight is 350 g/mol. The van der Waals surface area contributed by atoms with Gasteiger partial charge in [0.25, 0.3) is 0 Å². The molecule has 0 amide bonds. The average Bonchev–Trinajstić information content (AvgIpc) is 2.70. The maximum atomic E-state index is 14.6. The fraction of sp³-hybridized carbons (Fsp3) is 0.318. The van der Waals surface area contributed by atoms with E-state index in [1.54, 1.807) is 12.1 Å². The predicted octanol–water partition coefficient (Wildman–Crippen LogP) is 5.36. The van der Waals surface area contributed by atoms with Crippen LogP contribution in [0.3, 0.4) is 0 Å². The number of aryl methyl sites for hydroxylation is 1. The maximum Gasteiger partial charge on any atom is 0.163 e. The van der Waals surface area contributed by atoms with Crippen LogP contribution in [-0.2, 0) is 4.79 Å². The third kappa shape index (κ3) is 2.90. The molecule has 4 rings (SSSR count). The van der Waals surface area contributed by atoms with E-state index >= 15 is 0 Å². The van der Waals surface area contributed by atoms with Gasteiger partial charge in [0.1, 0.15) is 5.82 Å². The lowest BCUT2D eigenvalue weighted by Crippen LogP contribution is -2.31. The van der Waals surface area contributed by atoms with Crippen molar-refractivity contribution < 1.29 is 9.18 Å². The first-order chi connectivity index (χ1) is 12.3. The van der Waals surface area contributed by atoms with Crippen molar-refractivity contribution in [1.29, 1.82) is 0 Å². The Morgan fingerprint density at radius 1 is 1.08 bits per heavy atom. The minimum absolute atomic E-state index is 0.0778. The lowest BCUT2D eigenvalue weighted by molar-refractivity contribution is -0.118. The van der Waals surface area contributed by atoms with E-state index in [4.69, 9.17) is 0 Å². The number of fused-ring (bicyclic) bond motifs is 1. The van der Waals surface area contributed by atoms with Crippen LogP contribution < -0.4 is 10.6 Å². The summed E-state index contributed by atoms with van der Waals surface area (Å²) in [5, 5.41) is 6.90. The van der Waals surface area contributed by atoms with Crippen LogP contribution in [0.1, 0.15) is 43.9 Å². The van der Waals surface area contributed by atoms with Crippen LogP contribution in [0.5, 0.6) is 0 Å². The summed E-state index contributed by atoms with van der Waals surface area (Å²) in [7, 11) is 0. The summed E-state index contributed by atoms with van der Waals surface area (Å²) >= 11 is 0. The number of carbonyl (C=O) groups excluding carboxylic acids is 1. The third-order valence-corrected chi connectivity index (χ3v) is 5.19. The highest BCUT2D eigenvalue weighted by Crippen LogP contribution is 2.45. The molecule has 0 radical (unpaired) electrons. The number of benzene rings is 2. The van der Waals surface area contributed by atoms with Crippen molar-refractivity contribution in [3.05, 3.63) is 70.7 Å². The lowest BCUT2D eigenvalue weighted by atomic mass is 9.73. The van der Waals surface area contributed by atoms with Gasteiger partial charge in [-0.25, -0.2) is 4.39 Å². The Bertz CT molecular complexity index is 929. The molecule has 0 spiro atoms. The van der Waals surface area contributed by atoms with E-state index in [0.717, 1.165) is 29.1 Å². The number of halogens is 1. The zero-order valence-corrected chi connectivity index (χ0v) is 15.3. The second-order valence-corrected chi connectivity index (χ2v) is 8.11. The van der Waals surface area contributed by atoms with Gasteiger partial charge >= 0.3 is 0 Å². The number of ketones is 1. The number of anilines is 2. The van der Waals surface area contributed by atoms with Gasteiger partial charge in [0.15, 0.2) is 5.78 Å². The van der Waals surface area contributed by atoms with Crippen LogP contribution in [0.25, 0.3) is 0 Å². The van der Waals surface area contributed by atoms with Crippen molar-refractivity contribution in [2.24, 2.45) is 5.41 Å². The number of hydrogen-bond acceptors (Lipinski definition) is 3. The van der Waals surface area contributed by atoms with Gasteiger partial charge in [0, 0.05) is 23.3 Å². The van der Waals surface area contributed by atoms with Gasteiger partial charge in [-0.2, -0.15) is 0 Å². The third-order valence-electron chi connectivity index (χ3n) is 5.19. The maximum absolute atomic E-state index is 14.6. The van der Waals surface area contributed by atoms with E-state index < -0.39 is 6.04 Å². The van der Waals surface area contributed by atoms with Gasteiger partial charge in [-0.3, -0.25) is 4.79 Å². The molecule has 26 heavy (non-hydrogen) atoms. The number of allylic oxidation sites excluding steroid dienone is 1. The van der Waals surface area contributed by atoms with E-state index in [2.05, 4.69) is 24.5 Å². The topological polar surface area (TPSA) is 41.1 Å². The highest BCUT2D eigenvalue weighted by atomic mass is 19.1. The fourth-order valence-electron chi connectivity index (χ4n) is 4.00. The summed E-state index contributed by atoms with van der Waals surface area (Å²) in [6.45, 7) is 6.22.